The fraction of sp³-hybridized carbons (Fsp3) is 0.133. The van der Waals surface area contributed by atoms with Gasteiger partial charge in [-0.2, -0.15) is 8.75 Å². The van der Waals surface area contributed by atoms with Crippen molar-refractivity contribution in [1.82, 2.24) is 18.7 Å². The number of H-pyrrole nitrogens is 1. The second-order valence-corrected chi connectivity index (χ2v) is 5.37. The number of fused-ring (bicyclic) bond motifs is 2. The molecule has 0 aliphatic carbocycles. The minimum Gasteiger partial charge on any atom is -0.345 e. The Morgan fingerprint density at radius 2 is 1.60 bits per heavy atom. The van der Waals surface area contributed by atoms with E-state index in [1.54, 1.807) is 6.33 Å². The predicted molar refractivity (Wildman–Crippen MR) is 80.9 cm³/mol. The van der Waals surface area contributed by atoms with E-state index in [9.17, 15) is 0 Å². The normalized spacial score (nSPS) is 11.4. The Bertz CT molecular complexity index is 803. The topological polar surface area (TPSA) is 54.5 Å². The zero-order valence-corrected chi connectivity index (χ0v) is 11.5. The summed E-state index contributed by atoms with van der Waals surface area (Å²) >= 11 is 1.27. The van der Waals surface area contributed by atoms with Gasteiger partial charge in [0.25, 0.3) is 0 Å². The van der Waals surface area contributed by atoms with Crippen LogP contribution in [0.4, 0.5) is 0 Å². The molecule has 0 unspecified atom stereocenters. The number of imidazole rings is 1. The van der Waals surface area contributed by atoms with Crippen LogP contribution in [0.3, 0.4) is 0 Å². The molecule has 0 bridgehead atoms. The first kappa shape index (κ1) is 11.5. The lowest BCUT2D eigenvalue weighted by Crippen LogP contribution is -1.91. The highest BCUT2D eigenvalue weighted by Crippen LogP contribution is 2.17. The van der Waals surface area contributed by atoms with E-state index >= 15 is 0 Å². The first-order chi connectivity index (χ1) is 9.88. The number of rotatable bonds is 3. The molecule has 0 saturated carbocycles. The Kier molecular flexibility index (Phi) is 2.70. The van der Waals surface area contributed by atoms with E-state index < -0.39 is 0 Å². The molecule has 1 N–H and O–H groups in total. The summed E-state index contributed by atoms with van der Waals surface area (Å²) in [5, 5.41) is 0. The van der Waals surface area contributed by atoms with Crippen LogP contribution in [0.2, 0.25) is 0 Å². The average Bonchev–Trinajstić information content (AvgIpc) is 3.12. The van der Waals surface area contributed by atoms with Gasteiger partial charge in [-0.3, -0.25) is 0 Å². The predicted octanol–water partition coefficient (Wildman–Crippen LogP) is 3.35. The van der Waals surface area contributed by atoms with Crippen molar-refractivity contribution >= 4 is 33.8 Å². The van der Waals surface area contributed by atoms with Crippen LogP contribution in [-0.2, 0) is 12.8 Å². The Hall–Kier alpha value is -2.27. The van der Waals surface area contributed by atoms with Crippen molar-refractivity contribution in [3.63, 3.8) is 0 Å². The van der Waals surface area contributed by atoms with Crippen LogP contribution in [0.15, 0.2) is 42.7 Å². The maximum atomic E-state index is 4.29. The summed E-state index contributed by atoms with van der Waals surface area (Å²) in [7, 11) is 0. The van der Waals surface area contributed by atoms with E-state index in [1.165, 1.54) is 22.9 Å². The molecule has 20 heavy (non-hydrogen) atoms. The standard InChI is InChI=1S/C15H12N4S/c1(10-3-5-12-14(7-10)17-9-16-12)2-11-4-6-13-15(8-11)19-20-18-13/h3-9H,1-2H2,(H,16,17). The highest BCUT2D eigenvalue weighted by Gasteiger charge is 2.02. The van der Waals surface area contributed by atoms with Gasteiger partial charge in [-0.25, -0.2) is 4.98 Å². The summed E-state index contributed by atoms with van der Waals surface area (Å²) in [4.78, 5) is 7.39. The maximum Gasteiger partial charge on any atom is 0.105 e. The van der Waals surface area contributed by atoms with Gasteiger partial charge in [0.05, 0.1) is 29.1 Å². The van der Waals surface area contributed by atoms with Gasteiger partial charge < -0.3 is 4.98 Å². The van der Waals surface area contributed by atoms with Crippen molar-refractivity contribution in [2.75, 3.05) is 0 Å². The number of aromatic amines is 1. The van der Waals surface area contributed by atoms with Crippen LogP contribution in [-0.4, -0.2) is 18.7 Å². The SMILES string of the molecule is c1nc2ccc(CCc3ccc4nsnc4c3)cc2[nH]1. The molecule has 0 fully saturated rings. The molecule has 0 atom stereocenters. The molecular formula is C15H12N4S. The molecule has 5 heteroatoms. The van der Waals surface area contributed by atoms with Crippen molar-refractivity contribution in [3.8, 4) is 0 Å². The number of hydrogen-bond acceptors (Lipinski definition) is 4. The quantitative estimate of drug-likeness (QED) is 0.626. The number of nitrogens with zero attached hydrogens (tertiary/aromatic N) is 3. The smallest absolute Gasteiger partial charge is 0.105 e. The molecule has 4 rings (SSSR count). The van der Waals surface area contributed by atoms with Gasteiger partial charge in [0.2, 0.25) is 0 Å². The first-order valence-electron chi connectivity index (χ1n) is 6.52. The Morgan fingerprint density at radius 1 is 0.850 bits per heavy atom. The van der Waals surface area contributed by atoms with Gasteiger partial charge in [0.1, 0.15) is 11.0 Å². The summed E-state index contributed by atoms with van der Waals surface area (Å²) in [5.41, 5.74) is 6.72. The van der Waals surface area contributed by atoms with E-state index in [-0.39, 0.29) is 0 Å². The van der Waals surface area contributed by atoms with Crippen molar-refractivity contribution < 1.29 is 0 Å². The highest BCUT2D eigenvalue weighted by atomic mass is 32.1. The lowest BCUT2D eigenvalue weighted by molar-refractivity contribution is 0.963. The third kappa shape index (κ3) is 2.06. The second-order valence-electron chi connectivity index (χ2n) is 4.84. The van der Waals surface area contributed by atoms with Gasteiger partial charge in [0.15, 0.2) is 0 Å². The summed E-state index contributed by atoms with van der Waals surface area (Å²) in [6.45, 7) is 0. The van der Waals surface area contributed by atoms with Crippen molar-refractivity contribution in [3.05, 3.63) is 53.9 Å². The van der Waals surface area contributed by atoms with E-state index in [2.05, 4.69) is 49.0 Å². The molecule has 98 valence electrons. The molecule has 0 saturated heterocycles. The van der Waals surface area contributed by atoms with Crippen LogP contribution in [0.5, 0.6) is 0 Å². The molecule has 2 heterocycles. The molecule has 0 amide bonds. The molecule has 0 radical (unpaired) electrons. The zero-order valence-electron chi connectivity index (χ0n) is 10.7. The lowest BCUT2D eigenvalue weighted by Gasteiger charge is -2.02. The van der Waals surface area contributed by atoms with Crippen LogP contribution in [0.25, 0.3) is 22.1 Å². The van der Waals surface area contributed by atoms with Crippen molar-refractivity contribution in [2.45, 2.75) is 12.8 Å². The van der Waals surface area contributed by atoms with Crippen LogP contribution in [0.1, 0.15) is 11.1 Å². The largest absolute Gasteiger partial charge is 0.345 e. The average molecular weight is 280 g/mol. The Labute approximate surface area is 119 Å². The second kappa shape index (κ2) is 4.68. The summed E-state index contributed by atoms with van der Waals surface area (Å²) < 4.78 is 8.51. The van der Waals surface area contributed by atoms with Gasteiger partial charge in [0, 0.05) is 0 Å². The fourth-order valence-corrected chi connectivity index (χ4v) is 2.93. The number of hydrogen-bond donors (Lipinski definition) is 1. The van der Waals surface area contributed by atoms with Gasteiger partial charge >= 0.3 is 0 Å². The fourth-order valence-electron chi connectivity index (χ4n) is 2.41. The van der Waals surface area contributed by atoms with Gasteiger partial charge in [-0.15, -0.1) is 0 Å². The van der Waals surface area contributed by atoms with Crippen molar-refractivity contribution in [1.29, 1.82) is 0 Å². The number of benzene rings is 2. The highest BCUT2D eigenvalue weighted by molar-refractivity contribution is 7.00. The number of aryl methyl sites for hydroxylation is 2. The molecular weight excluding hydrogens is 268 g/mol. The van der Waals surface area contributed by atoms with E-state index in [4.69, 9.17) is 0 Å². The molecule has 4 aromatic rings. The van der Waals surface area contributed by atoms with E-state index in [0.717, 1.165) is 34.9 Å². The van der Waals surface area contributed by atoms with E-state index in [1.807, 2.05) is 6.07 Å². The van der Waals surface area contributed by atoms with Crippen LogP contribution < -0.4 is 0 Å². The van der Waals surface area contributed by atoms with E-state index in [0.29, 0.717) is 0 Å². The minimum absolute atomic E-state index is 0.984. The third-order valence-electron chi connectivity index (χ3n) is 3.51. The Balaban J connectivity index is 1.56. The molecule has 0 spiro atoms. The lowest BCUT2D eigenvalue weighted by atomic mass is 10.0. The van der Waals surface area contributed by atoms with Crippen molar-refractivity contribution in [2.24, 2.45) is 0 Å². The van der Waals surface area contributed by atoms with Gasteiger partial charge in [-0.1, -0.05) is 12.1 Å². The van der Waals surface area contributed by atoms with Crippen LogP contribution >= 0.6 is 11.7 Å². The summed E-state index contributed by atoms with van der Waals surface area (Å²) in [6.07, 6.45) is 3.75. The summed E-state index contributed by atoms with van der Waals surface area (Å²) in [5.74, 6) is 0. The van der Waals surface area contributed by atoms with Gasteiger partial charge in [-0.05, 0) is 48.2 Å². The minimum atomic E-state index is 0.984. The van der Waals surface area contributed by atoms with Crippen LogP contribution in [0, 0.1) is 0 Å². The molecule has 2 aromatic heterocycles. The Morgan fingerprint density at radius 3 is 2.50 bits per heavy atom. The number of aromatic nitrogens is 4. The molecule has 0 aliphatic rings. The molecule has 2 aromatic carbocycles. The first-order valence-corrected chi connectivity index (χ1v) is 7.25. The zero-order chi connectivity index (χ0) is 13.4. The molecule has 4 nitrogen and oxygen atoms in total. The summed E-state index contributed by atoms with van der Waals surface area (Å²) in [6, 6.07) is 12.7. The maximum absolute atomic E-state index is 4.29. The molecule has 0 aliphatic heterocycles. The third-order valence-corrected chi connectivity index (χ3v) is 4.06. The monoisotopic (exact) mass is 280 g/mol. The number of nitrogens with one attached hydrogen (secondary N) is 1.